The number of nitro groups is 1. The molecule has 5 nitrogen and oxygen atoms in total. The minimum Gasteiger partial charge on any atom is -0.258 e. The molecule has 1 aliphatic heterocycles. The van der Waals surface area contributed by atoms with E-state index in [2.05, 4.69) is 24.2 Å². The molecule has 1 aliphatic rings. The third-order valence-corrected chi connectivity index (χ3v) is 5.43. The molecule has 0 spiro atoms. The van der Waals surface area contributed by atoms with Crippen LogP contribution < -0.4 is 0 Å². The second kappa shape index (κ2) is 6.52. The predicted octanol–water partition coefficient (Wildman–Crippen LogP) is 3.91. The van der Waals surface area contributed by atoms with Crippen LogP contribution in [0.15, 0.2) is 42.7 Å². The maximum absolute atomic E-state index is 11.0. The van der Waals surface area contributed by atoms with E-state index in [0.29, 0.717) is 11.2 Å². The second-order valence-electron chi connectivity index (χ2n) is 5.76. The molecule has 1 aromatic heterocycles. The molecule has 0 radical (unpaired) electrons. The van der Waals surface area contributed by atoms with E-state index in [1.54, 1.807) is 10.9 Å². The van der Waals surface area contributed by atoms with E-state index in [0.717, 1.165) is 18.6 Å². The monoisotopic (exact) mass is 317 g/mol. The Bertz CT molecular complexity index is 644. The highest BCUT2D eigenvalue weighted by Gasteiger charge is 2.30. The van der Waals surface area contributed by atoms with Crippen molar-refractivity contribution in [2.45, 2.75) is 31.1 Å². The van der Waals surface area contributed by atoms with Crippen LogP contribution in [0.1, 0.15) is 31.4 Å². The molecule has 1 saturated heterocycles. The number of aromatic nitrogens is 2. The van der Waals surface area contributed by atoms with Crippen molar-refractivity contribution in [2.24, 2.45) is 5.92 Å². The summed E-state index contributed by atoms with van der Waals surface area (Å²) in [5.74, 6) is 1.59. The number of hydrogen-bond donors (Lipinski definition) is 0. The quantitative estimate of drug-likeness (QED) is 0.633. The van der Waals surface area contributed by atoms with Crippen LogP contribution in [0.25, 0.3) is 0 Å². The molecule has 3 atom stereocenters. The van der Waals surface area contributed by atoms with Gasteiger partial charge in [0.15, 0.2) is 0 Å². The maximum Gasteiger partial charge on any atom is 0.307 e. The number of thioether (sulfide) groups is 1. The molecular weight excluding hydrogens is 298 g/mol. The number of benzene rings is 1. The second-order valence-corrected chi connectivity index (χ2v) is 7.30. The fraction of sp³-hybridized carbons (Fsp3) is 0.438. The summed E-state index contributed by atoms with van der Waals surface area (Å²) in [6.07, 6.45) is 5.13. The van der Waals surface area contributed by atoms with E-state index in [1.165, 1.54) is 11.8 Å². The standard InChI is InChI=1S/C16H19N3O2S/c1-12-9-14(7-8-22-12)16(13-5-3-2-4-6-13)18-11-15(10-17-18)19(20)21/h2-6,10-12,14,16H,7-9H2,1H3. The molecule has 1 fully saturated rings. The summed E-state index contributed by atoms with van der Waals surface area (Å²) in [6, 6.07) is 10.3. The largest absolute Gasteiger partial charge is 0.307 e. The van der Waals surface area contributed by atoms with Crippen LogP contribution in [0, 0.1) is 16.0 Å². The van der Waals surface area contributed by atoms with Crippen LogP contribution in [0.5, 0.6) is 0 Å². The van der Waals surface area contributed by atoms with Gasteiger partial charge in [0.1, 0.15) is 12.4 Å². The Morgan fingerprint density at radius 1 is 1.41 bits per heavy atom. The third-order valence-electron chi connectivity index (χ3n) is 4.20. The van der Waals surface area contributed by atoms with Crippen molar-refractivity contribution in [2.75, 3.05) is 5.75 Å². The van der Waals surface area contributed by atoms with Gasteiger partial charge >= 0.3 is 5.69 Å². The molecule has 2 heterocycles. The Labute approximate surface area is 133 Å². The highest BCUT2D eigenvalue weighted by molar-refractivity contribution is 7.99. The van der Waals surface area contributed by atoms with Crippen LogP contribution in [0.3, 0.4) is 0 Å². The molecule has 116 valence electrons. The summed E-state index contributed by atoms with van der Waals surface area (Å²) in [5, 5.41) is 15.9. The molecule has 1 aromatic carbocycles. The lowest BCUT2D eigenvalue weighted by molar-refractivity contribution is -0.385. The summed E-state index contributed by atoms with van der Waals surface area (Å²) in [4.78, 5) is 10.6. The minimum absolute atomic E-state index is 0.0548. The highest BCUT2D eigenvalue weighted by atomic mass is 32.2. The van der Waals surface area contributed by atoms with Crippen LogP contribution in [-0.2, 0) is 0 Å². The van der Waals surface area contributed by atoms with E-state index >= 15 is 0 Å². The summed E-state index contributed by atoms with van der Waals surface area (Å²) < 4.78 is 1.78. The van der Waals surface area contributed by atoms with Gasteiger partial charge in [0.05, 0.1) is 11.0 Å². The van der Waals surface area contributed by atoms with Crippen molar-refractivity contribution < 1.29 is 4.92 Å². The zero-order valence-electron chi connectivity index (χ0n) is 12.5. The lowest BCUT2D eigenvalue weighted by Gasteiger charge is -2.33. The normalized spacial score (nSPS) is 23.1. The van der Waals surface area contributed by atoms with E-state index in [4.69, 9.17) is 0 Å². The molecule has 2 aromatic rings. The van der Waals surface area contributed by atoms with Crippen molar-refractivity contribution in [1.29, 1.82) is 0 Å². The third kappa shape index (κ3) is 3.16. The smallest absolute Gasteiger partial charge is 0.258 e. The summed E-state index contributed by atoms with van der Waals surface area (Å²) in [6.45, 7) is 2.25. The van der Waals surface area contributed by atoms with Crippen molar-refractivity contribution in [3.8, 4) is 0 Å². The van der Waals surface area contributed by atoms with Gasteiger partial charge in [0, 0.05) is 5.25 Å². The first-order chi connectivity index (χ1) is 10.6. The average molecular weight is 317 g/mol. The molecule has 0 amide bonds. The summed E-state index contributed by atoms with van der Waals surface area (Å²) in [5.41, 5.74) is 1.23. The van der Waals surface area contributed by atoms with Gasteiger partial charge in [-0.1, -0.05) is 37.3 Å². The Balaban J connectivity index is 1.96. The molecule has 6 heteroatoms. The van der Waals surface area contributed by atoms with Gasteiger partial charge in [-0.2, -0.15) is 16.9 Å². The van der Waals surface area contributed by atoms with Gasteiger partial charge in [-0.3, -0.25) is 14.8 Å². The van der Waals surface area contributed by atoms with Gasteiger partial charge in [0.2, 0.25) is 0 Å². The molecule has 3 rings (SSSR count). The summed E-state index contributed by atoms with van der Waals surface area (Å²) >= 11 is 2.00. The number of nitrogens with zero attached hydrogens (tertiary/aromatic N) is 3. The van der Waals surface area contributed by atoms with Gasteiger partial charge in [-0.15, -0.1) is 0 Å². The molecule has 0 aliphatic carbocycles. The first-order valence-electron chi connectivity index (χ1n) is 7.50. The Morgan fingerprint density at radius 3 is 2.82 bits per heavy atom. The van der Waals surface area contributed by atoms with Crippen molar-refractivity contribution in [1.82, 2.24) is 9.78 Å². The van der Waals surface area contributed by atoms with Crippen molar-refractivity contribution in [3.05, 3.63) is 58.4 Å². The van der Waals surface area contributed by atoms with Crippen LogP contribution >= 0.6 is 11.8 Å². The zero-order valence-corrected chi connectivity index (χ0v) is 13.3. The van der Waals surface area contributed by atoms with Crippen LogP contribution in [-0.4, -0.2) is 25.7 Å². The first-order valence-corrected chi connectivity index (χ1v) is 8.55. The van der Waals surface area contributed by atoms with Crippen LogP contribution in [0.2, 0.25) is 0 Å². The molecular formula is C16H19N3O2S. The van der Waals surface area contributed by atoms with E-state index in [1.807, 2.05) is 30.0 Å². The average Bonchev–Trinajstić information content (AvgIpc) is 2.98. The zero-order chi connectivity index (χ0) is 15.5. The SMILES string of the molecule is CC1CC(C(c2ccccc2)n2cc([N+](=O)[O-])cn2)CCS1. The highest BCUT2D eigenvalue weighted by Crippen LogP contribution is 2.39. The van der Waals surface area contributed by atoms with Gasteiger partial charge in [-0.25, -0.2) is 0 Å². The molecule has 3 unspecified atom stereocenters. The van der Waals surface area contributed by atoms with Crippen LogP contribution in [0.4, 0.5) is 5.69 Å². The predicted molar refractivity (Wildman–Crippen MR) is 88.1 cm³/mol. The number of rotatable bonds is 4. The van der Waals surface area contributed by atoms with Gasteiger partial charge in [-0.05, 0) is 30.1 Å². The van der Waals surface area contributed by atoms with Crippen molar-refractivity contribution >= 4 is 17.4 Å². The maximum atomic E-state index is 11.0. The molecule has 0 bridgehead atoms. The Morgan fingerprint density at radius 2 is 2.18 bits per heavy atom. The van der Waals surface area contributed by atoms with Gasteiger partial charge in [0.25, 0.3) is 0 Å². The lowest BCUT2D eigenvalue weighted by Crippen LogP contribution is -2.27. The van der Waals surface area contributed by atoms with Crippen molar-refractivity contribution in [3.63, 3.8) is 0 Å². The molecule has 0 saturated carbocycles. The fourth-order valence-electron chi connectivity index (χ4n) is 3.19. The lowest BCUT2D eigenvalue weighted by atomic mass is 9.87. The topological polar surface area (TPSA) is 61.0 Å². The molecule has 0 N–H and O–H groups in total. The van der Waals surface area contributed by atoms with E-state index in [-0.39, 0.29) is 16.7 Å². The summed E-state index contributed by atoms with van der Waals surface area (Å²) in [7, 11) is 0. The van der Waals surface area contributed by atoms with Gasteiger partial charge < -0.3 is 0 Å². The fourth-order valence-corrected chi connectivity index (χ4v) is 4.41. The van der Waals surface area contributed by atoms with E-state index in [9.17, 15) is 10.1 Å². The minimum atomic E-state index is -0.384. The Hall–Kier alpha value is -1.82. The number of hydrogen-bond acceptors (Lipinski definition) is 4. The Kier molecular flexibility index (Phi) is 4.47. The van der Waals surface area contributed by atoms with E-state index < -0.39 is 0 Å². The first kappa shape index (κ1) is 15.1. The molecule has 22 heavy (non-hydrogen) atoms.